The van der Waals surface area contributed by atoms with Crippen molar-refractivity contribution in [1.82, 2.24) is 5.32 Å². The fourth-order valence-electron chi connectivity index (χ4n) is 2.17. The molecule has 0 saturated carbocycles. The molecule has 0 spiro atoms. The Morgan fingerprint density at radius 2 is 1.80 bits per heavy atom. The second kappa shape index (κ2) is 7.51. The molecule has 2 heteroatoms. The first-order chi connectivity index (χ1) is 9.83. The molecule has 0 fully saturated rings. The van der Waals surface area contributed by atoms with E-state index in [2.05, 4.69) is 48.3 Å². The summed E-state index contributed by atoms with van der Waals surface area (Å²) in [4.78, 5) is 0. The lowest BCUT2D eigenvalue weighted by Gasteiger charge is -2.18. The predicted molar refractivity (Wildman–Crippen MR) is 83.8 cm³/mol. The zero-order valence-corrected chi connectivity index (χ0v) is 11.9. The van der Waals surface area contributed by atoms with Crippen molar-refractivity contribution in [2.75, 3.05) is 7.11 Å². The van der Waals surface area contributed by atoms with Gasteiger partial charge >= 0.3 is 0 Å². The number of ether oxygens (including phenoxy) is 1. The summed E-state index contributed by atoms with van der Waals surface area (Å²) in [6, 6.07) is 18.9. The van der Waals surface area contributed by atoms with Crippen molar-refractivity contribution in [2.24, 2.45) is 0 Å². The normalized spacial score (nSPS) is 11.8. The first kappa shape index (κ1) is 14.4. The summed E-state index contributed by atoms with van der Waals surface area (Å²) in [5.41, 5.74) is 2.54. The maximum atomic E-state index is 5.17. The molecule has 0 saturated heterocycles. The second-order valence-electron chi connectivity index (χ2n) is 4.72. The second-order valence-corrected chi connectivity index (χ2v) is 4.72. The molecule has 0 amide bonds. The Kier molecular flexibility index (Phi) is 5.39. The Hall–Kier alpha value is -2.06. The van der Waals surface area contributed by atoms with Crippen LogP contribution in [-0.2, 0) is 6.54 Å². The zero-order valence-electron chi connectivity index (χ0n) is 11.9. The minimum atomic E-state index is 0.302. The third-order valence-electron chi connectivity index (χ3n) is 3.32. The highest BCUT2D eigenvalue weighted by molar-refractivity contribution is 5.27. The summed E-state index contributed by atoms with van der Waals surface area (Å²) in [6.07, 6.45) is 2.87. The Bertz CT molecular complexity index is 519. The number of hydrogen-bond acceptors (Lipinski definition) is 2. The molecule has 0 aromatic heterocycles. The van der Waals surface area contributed by atoms with E-state index in [1.165, 1.54) is 11.1 Å². The molecule has 0 bridgehead atoms. The van der Waals surface area contributed by atoms with Crippen LogP contribution in [0.25, 0.3) is 0 Å². The molecule has 104 valence electrons. The standard InChI is InChI=1S/C18H21NO/c1-3-7-18(16-8-5-4-6-9-16)19-14-15-10-12-17(20-2)13-11-15/h3-6,8-13,18-19H,1,7,14H2,2H3/t18-/m0/s1. The number of methoxy groups -OCH3 is 1. The molecule has 1 N–H and O–H groups in total. The van der Waals surface area contributed by atoms with Gasteiger partial charge in [-0.1, -0.05) is 48.5 Å². The van der Waals surface area contributed by atoms with Gasteiger partial charge in [0.05, 0.1) is 7.11 Å². The van der Waals surface area contributed by atoms with Crippen LogP contribution in [0.1, 0.15) is 23.6 Å². The van der Waals surface area contributed by atoms with Crippen LogP contribution in [-0.4, -0.2) is 7.11 Å². The summed E-state index contributed by atoms with van der Waals surface area (Å²) in [7, 11) is 1.68. The fourth-order valence-corrected chi connectivity index (χ4v) is 2.17. The van der Waals surface area contributed by atoms with Crippen molar-refractivity contribution >= 4 is 0 Å². The summed E-state index contributed by atoms with van der Waals surface area (Å²) in [5, 5.41) is 3.58. The van der Waals surface area contributed by atoms with Gasteiger partial charge in [-0.15, -0.1) is 6.58 Å². The third kappa shape index (κ3) is 3.97. The van der Waals surface area contributed by atoms with Gasteiger partial charge in [0.25, 0.3) is 0 Å². The van der Waals surface area contributed by atoms with Crippen molar-refractivity contribution in [3.05, 3.63) is 78.4 Å². The van der Waals surface area contributed by atoms with Gasteiger partial charge in [0.1, 0.15) is 5.75 Å². The van der Waals surface area contributed by atoms with Crippen LogP contribution in [0.3, 0.4) is 0 Å². The molecule has 2 rings (SSSR count). The lowest BCUT2D eigenvalue weighted by Crippen LogP contribution is -2.20. The van der Waals surface area contributed by atoms with Crippen molar-refractivity contribution in [1.29, 1.82) is 0 Å². The zero-order chi connectivity index (χ0) is 14.2. The SMILES string of the molecule is C=CC[C@H](NCc1ccc(OC)cc1)c1ccccc1. The summed E-state index contributed by atoms with van der Waals surface area (Å²) >= 11 is 0. The fraction of sp³-hybridized carbons (Fsp3) is 0.222. The molecule has 2 aromatic rings. The maximum Gasteiger partial charge on any atom is 0.118 e. The number of nitrogens with one attached hydrogen (secondary N) is 1. The van der Waals surface area contributed by atoms with Gasteiger partial charge in [-0.05, 0) is 29.7 Å². The lowest BCUT2D eigenvalue weighted by molar-refractivity contribution is 0.414. The van der Waals surface area contributed by atoms with Crippen LogP contribution in [0.4, 0.5) is 0 Å². The molecule has 0 unspecified atom stereocenters. The predicted octanol–water partition coefficient (Wildman–Crippen LogP) is 4.10. The summed E-state index contributed by atoms with van der Waals surface area (Å²) in [5.74, 6) is 0.888. The number of benzene rings is 2. The smallest absolute Gasteiger partial charge is 0.118 e. The summed E-state index contributed by atoms with van der Waals surface area (Å²) in [6.45, 7) is 4.68. The molecule has 20 heavy (non-hydrogen) atoms. The number of hydrogen-bond donors (Lipinski definition) is 1. The Morgan fingerprint density at radius 3 is 2.40 bits per heavy atom. The minimum absolute atomic E-state index is 0.302. The van der Waals surface area contributed by atoms with Gasteiger partial charge in [0.2, 0.25) is 0 Å². The van der Waals surface area contributed by atoms with E-state index in [0.29, 0.717) is 6.04 Å². The molecular weight excluding hydrogens is 246 g/mol. The van der Waals surface area contributed by atoms with Crippen molar-refractivity contribution in [3.8, 4) is 5.75 Å². The highest BCUT2D eigenvalue weighted by atomic mass is 16.5. The van der Waals surface area contributed by atoms with E-state index >= 15 is 0 Å². The maximum absolute atomic E-state index is 5.17. The van der Waals surface area contributed by atoms with E-state index in [-0.39, 0.29) is 0 Å². The molecule has 0 heterocycles. The average molecular weight is 267 g/mol. The van der Waals surface area contributed by atoms with Crippen LogP contribution in [0.15, 0.2) is 67.3 Å². The van der Waals surface area contributed by atoms with E-state index in [1.54, 1.807) is 7.11 Å². The first-order valence-corrected chi connectivity index (χ1v) is 6.85. The Labute approximate surface area is 121 Å². The van der Waals surface area contributed by atoms with E-state index in [9.17, 15) is 0 Å². The molecule has 0 aliphatic rings. The minimum Gasteiger partial charge on any atom is -0.497 e. The number of rotatable bonds is 7. The molecule has 0 aliphatic heterocycles. The highest BCUT2D eigenvalue weighted by Gasteiger charge is 2.08. The highest BCUT2D eigenvalue weighted by Crippen LogP contribution is 2.18. The van der Waals surface area contributed by atoms with E-state index < -0.39 is 0 Å². The van der Waals surface area contributed by atoms with Gasteiger partial charge in [-0.2, -0.15) is 0 Å². The van der Waals surface area contributed by atoms with Gasteiger partial charge in [0.15, 0.2) is 0 Å². The van der Waals surface area contributed by atoms with Crippen LogP contribution < -0.4 is 10.1 Å². The van der Waals surface area contributed by atoms with Gasteiger partial charge in [-0.3, -0.25) is 0 Å². The van der Waals surface area contributed by atoms with Crippen LogP contribution in [0.2, 0.25) is 0 Å². The van der Waals surface area contributed by atoms with Gasteiger partial charge < -0.3 is 10.1 Å². The van der Waals surface area contributed by atoms with Crippen LogP contribution in [0.5, 0.6) is 5.75 Å². The van der Waals surface area contributed by atoms with Crippen LogP contribution >= 0.6 is 0 Å². The van der Waals surface area contributed by atoms with Gasteiger partial charge in [-0.25, -0.2) is 0 Å². The lowest BCUT2D eigenvalue weighted by atomic mass is 10.0. The van der Waals surface area contributed by atoms with Crippen molar-refractivity contribution < 1.29 is 4.74 Å². The van der Waals surface area contributed by atoms with Crippen LogP contribution in [0, 0.1) is 0 Å². The van der Waals surface area contributed by atoms with E-state index in [0.717, 1.165) is 18.7 Å². The quantitative estimate of drug-likeness (QED) is 0.762. The topological polar surface area (TPSA) is 21.3 Å². The Morgan fingerprint density at radius 1 is 1.10 bits per heavy atom. The monoisotopic (exact) mass is 267 g/mol. The molecule has 2 nitrogen and oxygen atoms in total. The molecular formula is C18H21NO. The van der Waals surface area contributed by atoms with Crippen molar-refractivity contribution in [3.63, 3.8) is 0 Å². The largest absolute Gasteiger partial charge is 0.497 e. The molecule has 0 aliphatic carbocycles. The summed E-state index contributed by atoms with van der Waals surface area (Å²) < 4.78 is 5.17. The first-order valence-electron chi connectivity index (χ1n) is 6.85. The average Bonchev–Trinajstić information content (AvgIpc) is 2.53. The van der Waals surface area contributed by atoms with E-state index in [1.807, 2.05) is 24.3 Å². The molecule has 2 aromatic carbocycles. The van der Waals surface area contributed by atoms with Gasteiger partial charge in [0, 0.05) is 12.6 Å². The molecule has 1 atom stereocenters. The molecule has 0 radical (unpaired) electrons. The van der Waals surface area contributed by atoms with Crippen molar-refractivity contribution in [2.45, 2.75) is 19.0 Å². The Balaban J connectivity index is 1.99. The van der Waals surface area contributed by atoms with E-state index in [4.69, 9.17) is 4.74 Å². The third-order valence-corrected chi connectivity index (χ3v) is 3.32.